The molecule has 4 rings (SSSR count). The van der Waals surface area contributed by atoms with Gasteiger partial charge in [0, 0.05) is 25.2 Å². The van der Waals surface area contributed by atoms with Crippen LogP contribution in [-0.2, 0) is 12.8 Å². The van der Waals surface area contributed by atoms with Crippen molar-refractivity contribution in [1.29, 1.82) is 0 Å². The van der Waals surface area contributed by atoms with E-state index in [1.54, 1.807) is 11.9 Å². The normalized spacial score (nSPS) is 19.4. The van der Waals surface area contributed by atoms with Gasteiger partial charge in [0.05, 0.1) is 6.61 Å². The summed E-state index contributed by atoms with van der Waals surface area (Å²) in [7, 11) is 1.74. The smallest absolute Gasteiger partial charge is 0.254 e. The van der Waals surface area contributed by atoms with Crippen molar-refractivity contribution >= 4 is 5.91 Å². The molecule has 1 N–H and O–H groups in total. The number of aliphatic hydroxyl groups is 1. The summed E-state index contributed by atoms with van der Waals surface area (Å²) in [5.41, 5.74) is 5.68. The van der Waals surface area contributed by atoms with Gasteiger partial charge in [-0.2, -0.15) is 0 Å². The number of fused-ring (bicyclic) bond motifs is 1. The Morgan fingerprint density at radius 1 is 1.14 bits per heavy atom. The first-order chi connectivity index (χ1) is 13.7. The summed E-state index contributed by atoms with van der Waals surface area (Å²) in [5, 5.41) is 9.15. The molecule has 148 valence electrons. The number of aryl methyl sites for hydroxylation is 1. The Kier molecular flexibility index (Phi) is 5.79. The minimum absolute atomic E-state index is 0.0264. The van der Waals surface area contributed by atoms with Crippen molar-refractivity contribution in [1.82, 2.24) is 9.80 Å². The quantitative estimate of drug-likeness (QED) is 0.868. The third-order valence-electron chi connectivity index (χ3n) is 6.32. The minimum atomic E-state index is -0.0449. The molecule has 4 nitrogen and oxygen atoms in total. The third kappa shape index (κ3) is 3.85. The van der Waals surface area contributed by atoms with E-state index < -0.39 is 0 Å². The van der Waals surface area contributed by atoms with E-state index in [2.05, 4.69) is 23.1 Å². The van der Waals surface area contributed by atoms with Crippen LogP contribution in [0.25, 0.3) is 11.1 Å². The monoisotopic (exact) mass is 378 g/mol. The van der Waals surface area contributed by atoms with Gasteiger partial charge < -0.3 is 14.9 Å². The summed E-state index contributed by atoms with van der Waals surface area (Å²) in [6.07, 6.45) is 6.19. The number of carbonyl (C=O) groups excluding carboxylic acids is 1. The van der Waals surface area contributed by atoms with Crippen molar-refractivity contribution in [3.8, 4) is 11.1 Å². The molecule has 1 amide bonds. The molecule has 0 radical (unpaired) electrons. The molecule has 1 atom stereocenters. The number of carbonyl (C=O) groups is 1. The Labute approximate surface area is 167 Å². The average molecular weight is 379 g/mol. The van der Waals surface area contributed by atoms with Crippen molar-refractivity contribution in [3.05, 3.63) is 59.2 Å². The fourth-order valence-corrected chi connectivity index (χ4v) is 4.70. The highest BCUT2D eigenvalue weighted by Crippen LogP contribution is 2.32. The van der Waals surface area contributed by atoms with Crippen LogP contribution in [-0.4, -0.2) is 60.1 Å². The van der Waals surface area contributed by atoms with Gasteiger partial charge in [0.2, 0.25) is 0 Å². The van der Waals surface area contributed by atoms with E-state index in [0.29, 0.717) is 18.2 Å². The number of nitrogens with zero attached hydrogens (tertiary/aromatic N) is 2. The predicted molar refractivity (Wildman–Crippen MR) is 113 cm³/mol. The predicted octanol–water partition coefficient (Wildman–Crippen LogP) is 3.37. The Morgan fingerprint density at radius 3 is 2.71 bits per heavy atom. The van der Waals surface area contributed by atoms with Gasteiger partial charge in [0.25, 0.3) is 5.91 Å². The first-order valence-corrected chi connectivity index (χ1v) is 10.5. The lowest BCUT2D eigenvalue weighted by Crippen LogP contribution is -2.37. The number of benzene rings is 2. The van der Waals surface area contributed by atoms with Crippen LogP contribution in [0.4, 0.5) is 0 Å². The van der Waals surface area contributed by atoms with Crippen molar-refractivity contribution in [2.75, 3.05) is 33.3 Å². The highest BCUT2D eigenvalue weighted by molar-refractivity contribution is 6.00. The van der Waals surface area contributed by atoms with Crippen molar-refractivity contribution in [3.63, 3.8) is 0 Å². The molecule has 1 unspecified atom stereocenters. The Hall–Kier alpha value is -2.17. The second-order valence-corrected chi connectivity index (χ2v) is 8.12. The summed E-state index contributed by atoms with van der Waals surface area (Å²) in [4.78, 5) is 17.1. The number of rotatable bonds is 5. The second-order valence-electron chi connectivity index (χ2n) is 8.12. The van der Waals surface area contributed by atoms with Crippen molar-refractivity contribution < 1.29 is 9.90 Å². The van der Waals surface area contributed by atoms with E-state index in [1.165, 1.54) is 43.5 Å². The maximum absolute atomic E-state index is 12.8. The Bertz CT molecular complexity index is 842. The standard InChI is InChI=1S/C24H30N2O2/c1-25(14-15-27)24(28)23-7-3-2-6-22(23)20-9-8-19-17-21(11-10-18(19)16-20)26-12-4-5-13-26/h2-3,6-9,16,21,27H,4-5,10-15,17H2,1H3. The first kappa shape index (κ1) is 19.2. The highest BCUT2D eigenvalue weighted by Gasteiger charge is 2.26. The van der Waals surface area contributed by atoms with Crippen molar-refractivity contribution in [2.45, 2.75) is 38.1 Å². The number of amides is 1. The molecule has 1 aliphatic carbocycles. The van der Waals surface area contributed by atoms with E-state index in [4.69, 9.17) is 5.11 Å². The molecule has 2 aliphatic rings. The summed E-state index contributed by atoms with van der Waals surface area (Å²) < 4.78 is 0. The number of likely N-dealkylation sites (tertiary alicyclic amines) is 1. The lowest BCUT2D eigenvalue weighted by Gasteiger charge is -2.32. The van der Waals surface area contributed by atoms with Crippen LogP contribution >= 0.6 is 0 Å². The Balaban J connectivity index is 1.59. The summed E-state index contributed by atoms with van der Waals surface area (Å²) in [6, 6.07) is 15.2. The SMILES string of the molecule is CN(CCO)C(=O)c1ccccc1-c1ccc2c(c1)CCC(N1CCCC1)C2. The maximum Gasteiger partial charge on any atom is 0.254 e. The van der Waals surface area contributed by atoms with Crippen LogP contribution in [0.5, 0.6) is 0 Å². The molecule has 0 spiro atoms. The summed E-state index contributed by atoms with van der Waals surface area (Å²) >= 11 is 0. The van der Waals surface area contributed by atoms with Crippen LogP contribution in [0.2, 0.25) is 0 Å². The highest BCUT2D eigenvalue weighted by atomic mass is 16.3. The molecule has 2 aromatic rings. The molecular formula is C24H30N2O2. The largest absolute Gasteiger partial charge is 0.395 e. The number of hydrogen-bond acceptors (Lipinski definition) is 3. The molecule has 2 aromatic carbocycles. The summed E-state index contributed by atoms with van der Waals surface area (Å²) in [5.74, 6) is -0.0449. The molecule has 1 heterocycles. The van der Waals surface area contributed by atoms with E-state index in [0.717, 1.165) is 24.0 Å². The Morgan fingerprint density at radius 2 is 1.93 bits per heavy atom. The van der Waals surface area contributed by atoms with Gasteiger partial charge in [0.1, 0.15) is 0 Å². The number of hydrogen-bond donors (Lipinski definition) is 1. The van der Waals surface area contributed by atoms with Gasteiger partial charge in [0.15, 0.2) is 0 Å². The summed E-state index contributed by atoms with van der Waals surface area (Å²) in [6.45, 7) is 2.83. The van der Waals surface area contributed by atoms with Gasteiger partial charge in [-0.05, 0) is 73.5 Å². The third-order valence-corrected chi connectivity index (χ3v) is 6.32. The van der Waals surface area contributed by atoms with Crippen LogP contribution in [0, 0.1) is 0 Å². The maximum atomic E-state index is 12.8. The number of aliphatic hydroxyl groups excluding tert-OH is 1. The molecule has 0 saturated carbocycles. The van der Waals surface area contributed by atoms with E-state index in [9.17, 15) is 4.79 Å². The molecule has 0 bridgehead atoms. The van der Waals surface area contributed by atoms with Crippen LogP contribution in [0.1, 0.15) is 40.7 Å². The van der Waals surface area contributed by atoms with Gasteiger partial charge in [-0.3, -0.25) is 4.79 Å². The lowest BCUT2D eigenvalue weighted by atomic mass is 9.85. The zero-order valence-corrected chi connectivity index (χ0v) is 16.7. The van der Waals surface area contributed by atoms with Gasteiger partial charge in [-0.25, -0.2) is 0 Å². The molecule has 28 heavy (non-hydrogen) atoms. The first-order valence-electron chi connectivity index (χ1n) is 10.5. The van der Waals surface area contributed by atoms with Gasteiger partial charge >= 0.3 is 0 Å². The molecule has 1 fully saturated rings. The van der Waals surface area contributed by atoms with E-state index in [1.807, 2.05) is 24.3 Å². The van der Waals surface area contributed by atoms with Crippen LogP contribution in [0.3, 0.4) is 0 Å². The topological polar surface area (TPSA) is 43.8 Å². The fourth-order valence-electron chi connectivity index (χ4n) is 4.70. The van der Waals surface area contributed by atoms with Crippen molar-refractivity contribution in [2.24, 2.45) is 0 Å². The second kappa shape index (κ2) is 8.46. The molecular weight excluding hydrogens is 348 g/mol. The molecule has 1 aliphatic heterocycles. The molecule has 0 aromatic heterocycles. The fraction of sp³-hybridized carbons (Fsp3) is 0.458. The zero-order chi connectivity index (χ0) is 19.5. The number of likely N-dealkylation sites (N-methyl/N-ethyl adjacent to an activating group) is 1. The van der Waals surface area contributed by atoms with E-state index in [-0.39, 0.29) is 12.5 Å². The van der Waals surface area contributed by atoms with Crippen LogP contribution < -0.4 is 0 Å². The van der Waals surface area contributed by atoms with E-state index >= 15 is 0 Å². The van der Waals surface area contributed by atoms with Gasteiger partial charge in [-0.15, -0.1) is 0 Å². The zero-order valence-electron chi connectivity index (χ0n) is 16.7. The average Bonchev–Trinajstić information content (AvgIpc) is 3.27. The van der Waals surface area contributed by atoms with Gasteiger partial charge in [-0.1, -0.05) is 36.4 Å². The molecule has 4 heteroatoms. The molecule has 1 saturated heterocycles. The minimum Gasteiger partial charge on any atom is -0.395 e. The lowest BCUT2D eigenvalue weighted by molar-refractivity contribution is 0.0767. The van der Waals surface area contributed by atoms with Crippen LogP contribution in [0.15, 0.2) is 42.5 Å².